The summed E-state index contributed by atoms with van der Waals surface area (Å²) in [5.41, 5.74) is -0.593. The Hall–Kier alpha value is -0.385. The van der Waals surface area contributed by atoms with E-state index in [-0.39, 0.29) is 0 Å². The molecule has 1 rings (SSSR count). The summed E-state index contributed by atoms with van der Waals surface area (Å²) >= 11 is 0. The Morgan fingerprint density at radius 2 is 2.43 bits per heavy atom. The zero-order chi connectivity index (χ0) is 10.6. The number of ether oxygens (including phenoxy) is 1. The zero-order valence-corrected chi connectivity index (χ0v) is 8.90. The largest absolute Gasteiger partial charge is 0.437 e. The minimum Gasteiger partial charge on any atom is -0.437 e. The van der Waals surface area contributed by atoms with Crippen molar-refractivity contribution >= 4 is 13.3 Å². The summed E-state index contributed by atoms with van der Waals surface area (Å²) in [6, 6.07) is 0. The van der Waals surface area contributed by atoms with Gasteiger partial charge in [-0.15, -0.1) is 0 Å². The van der Waals surface area contributed by atoms with Gasteiger partial charge in [-0.05, 0) is 33.1 Å². The lowest BCUT2D eigenvalue weighted by molar-refractivity contribution is -0.118. The average molecular weight is 199 g/mol. The normalized spacial score (nSPS) is 27.9. The third-order valence-corrected chi connectivity index (χ3v) is 2.81. The van der Waals surface area contributed by atoms with Gasteiger partial charge < -0.3 is 19.4 Å². The molecule has 5 heteroatoms. The highest BCUT2D eigenvalue weighted by molar-refractivity contribution is 6.46. The molecule has 1 fully saturated rings. The molecule has 1 aliphatic heterocycles. The molecule has 0 aliphatic carbocycles. The number of carbonyl (C=O) groups excluding carboxylic acids is 1. The van der Waals surface area contributed by atoms with E-state index in [0.717, 1.165) is 25.7 Å². The van der Waals surface area contributed by atoms with Gasteiger partial charge >= 0.3 is 7.05 Å². The monoisotopic (exact) mass is 199 g/mol. The number of hydrogen-bond donors (Lipinski definition) is 1. The van der Waals surface area contributed by atoms with Gasteiger partial charge in [0.05, 0.1) is 12.1 Å². The molecule has 0 spiro atoms. The first-order valence-corrected chi connectivity index (χ1v) is 5.15. The molecule has 0 radical (unpaired) electrons. The van der Waals surface area contributed by atoms with Crippen LogP contribution < -0.4 is 0 Å². The summed E-state index contributed by atoms with van der Waals surface area (Å²) in [5.74, 6) is 0. The first kappa shape index (κ1) is 11.7. The van der Waals surface area contributed by atoms with Crippen molar-refractivity contribution in [1.29, 1.82) is 0 Å². The fraction of sp³-hybridized carbons (Fsp3) is 0.889. The van der Waals surface area contributed by atoms with Crippen molar-refractivity contribution in [1.82, 2.24) is 4.81 Å². The predicted molar refractivity (Wildman–Crippen MR) is 55.1 cm³/mol. The van der Waals surface area contributed by atoms with Crippen LogP contribution in [0.4, 0.5) is 0 Å². The highest BCUT2D eigenvalue weighted by Gasteiger charge is 2.44. The van der Waals surface area contributed by atoms with Gasteiger partial charge in [0.1, 0.15) is 6.29 Å². The van der Waals surface area contributed by atoms with Crippen molar-refractivity contribution in [3.63, 3.8) is 0 Å². The van der Waals surface area contributed by atoms with Crippen molar-refractivity contribution in [2.75, 3.05) is 19.8 Å². The lowest BCUT2D eigenvalue weighted by atomic mass is 9.80. The van der Waals surface area contributed by atoms with Gasteiger partial charge in [0.2, 0.25) is 0 Å². The SMILES string of the molecule is CCOCC1(C=O)CCCN1B(C)O. The van der Waals surface area contributed by atoms with Gasteiger partial charge in [-0.3, -0.25) is 0 Å². The number of nitrogens with zero attached hydrogens (tertiary/aromatic N) is 1. The summed E-state index contributed by atoms with van der Waals surface area (Å²) < 4.78 is 5.31. The summed E-state index contributed by atoms with van der Waals surface area (Å²) in [6.07, 6.45) is 2.64. The molecule has 0 aromatic rings. The van der Waals surface area contributed by atoms with E-state index in [2.05, 4.69) is 0 Å². The Morgan fingerprint density at radius 3 is 2.93 bits per heavy atom. The minimum absolute atomic E-state index is 0.387. The van der Waals surface area contributed by atoms with Gasteiger partial charge in [-0.2, -0.15) is 0 Å². The quantitative estimate of drug-likeness (QED) is 0.506. The molecule has 1 unspecified atom stereocenters. The standard InChI is InChI=1S/C9H18BNO3/c1-3-14-8-9(7-12)5-4-6-11(9)10(2)13/h7,13H,3-6,8H2,1-2H3. The molecule has 0 aromatic carbocycles. The van der Waals surface area contributed by atoms with Crippen LogP contribution in [0.15, 0.2) is 0 Å². The first-order valence-electron chi connectivity index (χ1n) is 5.15. The molecule has 1 N–H and O–H groups in total. The van der Waals surface area contributed by atoms with E-state index in [1.165, 1.54) is 0 Å². The van der Waals surface area contributed by atoms with E-state index in [1.807, 2.05) is 11.7 Å². The topological polar surface area (TPSA) is 49.8 Å². The van der Waals surface area contributed by atoms with E-state index in [9.17, 15) is 9.82 Å². The van der Waals surface area contributed by atoms with Crippen molar-refractivity contribution < 1.29 is 14.6 Å². The molecule has 0 aromatic heterocycles. The first-order chi connectivity index (χ1) is 6.66. The molecule has 1 saturated heterocycles. The fourth-order valence-electron chi connectivity index (χ4n) is 2.08. The molecule has 4 nitrogen and oxygen atoms in total. The second-order valence-electron chi connectivity index (χ2n) is 3.79. The smallest absolute Gasteiger partial charge is 0.377 e. The maximum atomic E-state index is 11.1. The predicted octanol–water partition coefficient (Wildman–Crippen LogP) is 0.167. The Kier molecular flexibility index (Phi) is 4.10. The minimum atomic E-state index is -0.593. The Morgan fingerprint density at radius 1 is 1.71 bits per heavy atom. The number of aldehydes is 1. The van der Waals surface area contributed by atoms with E-state index in [4.69, 9.17) is 4.74 Å². The second-order valence-corrected chi connectivity index (χ2v) is 3.79. The Bertz CT molecular complexity index is 200. The van der Waals surface area contributed by atoms with Crippen molar-refractivity contribution in [3.05, 3.63) is 0 Å². The third kappa shape index (κ3) is 2.16. The highest BCUT2D eigenvalue weighted by atomic mass is 16.5. The van der Waals surface area contributed by atoms with Crippen molar-refractivity contribution in [3.8, 4) is 0 Å². The molecule has 14 heavy (non-hydrogen) atoms. The van der Waals surface area contributed by atoms with Crippen molar-refractivity contribution in [2.24, 2.45) is 0 Å². The summed E-state index contributed by atoms with van der Waals surface area (Å²) in [4.78, 5) is 12.9. The van der Waals surface area contributed by atoms with Gasteiger partial charge in [-0.25, -0.2) is 0 Å². The lowest BCUT2D eigenvalue weighted by Crippen LogP contribution is -2.54. The van der Waals surface area contributed by atoms with Crippen LogP contribution >= 0.6 is 0 Å². The van der Waals surface area contributed by atoms with Crippen molar-refractivity contribution in [2.45, 2.75) is 32.1 Å². The van der Waals surface area contributed by atoms with Crippen LogP contribution in [-0.2, 0) is 9.53 Å². The van der Waals surface area contributed by atoms with Crippen LogP contribution in [0.3, 0.4) is 0 Å². The van der Waals surface area contributed by atoms with E-state index < -0.39 is 12.6 Å². The molecule has 1 atom stereocenters. The number of hydrogen-bond acceptors (Lipinski definition) is 4. The number of carbonyl (C=O) groups is 1. The number of rotatable bonds is 5. The van der Waals surface area contributed by atoms with Crippen LogP contribution in [0.5, 0.6) is 0 Å². The average Bonchev–Trinajstić information content (AvgIpc) is 2.59. The summed E-state index contributed by atoms with van der Waals surface area (Å²) in [6.45, 7) is 5.35. The van der Waals surface area contributed by atoms with Gasteiger partial charge in [-0.1, -0.05) is 0 Å². The van der Waals surface area contributed by atoms with Crippen LogP contribution in [0.2, 0.25) is 6.82 Å². The molecular formula is C9H18BNO3. The van der Waals surface area contributed by atoms with Crippen LogP contribution in [0.25, 0.3) is 0 Å². The maximum Gasteiger partial charge on any atom is 0.377 e. The fourth-order valence-corrected chi connectivity index (χ4v) is 2.08. The Balaban J connectivity index is 2.69. The van der Waals surface area contributed by atoms with Crippen LogP contribution in [-0.4, -0.2) is 48.5 Å². The molecular weight excluding hydrogens is 181 g/mol. The maximum absolute atomic E-state index is 11.1. The molecule has 80 valence electrons. The Labute approximate surface area is 85.4 Å². The van der Waals surface area contributed by atoms with Gasteiger partial charge in [0.25, 0.3) is 0 Å². The summed E-state index contributed by atoms with van der Waals surface area (Å²) in [7, 11) is -0.580. The van der Waals surface area contributed by atoms with Gasteiger partial charge in [0.15, 0.2) is 0 Å². The summed E-state index contributed by atoms with van der Waals surface area (Å²) in [5, 5.41) is 9.53. The molecule has 0 saturated carbocycles. The second kappa shape index (κ2) is 4.91. The lowest BCUT2D eigenvalue weighted by Gasteiger charge is -2.34. The third-order valence-electron chi connectivity index (χ3n) is 2.81. The van der Waals surface area contributed by atoms with E-state index >= 15 is 0 Å². The van der Waals surface area contributed by atoms with E-state index in [1.54, 1.807) is 6.82 Å². The zero-order valence-electron chi connectivity index (χ0n) is 8.90. The molecule has 0 amide bonds. The van der Waals surface area contributed by atoms with Gasteiger partial charge in [0, 0.05) is 6.61 Å². The van der Waals surface area contributed by atoms with Crippen LogP contribution in [0, 0.1) is 0 Å². The van der Waals surface area contributed by atoms with Crippen LogP contribution in [0.1, 0.15) is 19.8 Å². The molecule has 1 heterocycles. The molecule has 0 bridgehead atoms. The highest BCUT2D eigenvalue weighted by Crippen LogP contribution is 2.28. The molecule has 1 aliphatic rings. The van der Waals surface area contributed by atoms with E-state index in [0.29, 0.717) is 13.2 Å².